The molecule has 0 saturated heterocycles. The zero-order valence-corrected chi connectivity index (χ0v) is 5.00. The van der Waals surface area contributed by atoms with Crippen LogP contribution in [0.25, 0.3) is 0 Å². The first-order chi connectivity index (χ1) is 2.56. The van der Waals surface area contributed by atoms with Gasteiger partial charge in [-0.15, -0.1) is 0 Å². The predicted molar refractivity (Wildman–Crippen MR) is 24.0 cm³/mol. The quantitative estimate of drug-likeness (QED) is 0.489. The van der Waals surface area contributed by atoms with Gasteiger partial charge < -0.3 is 9.46 Å². The van der Waals surface area contributed by atoms with E-state index in [1.165, 1.54) is 6.92 Å². The maximum Gasteiger partial charge on any atom is 0.100 e. The predicted octanol–water partition coefficient (Wildman–Crippen LogP) is 0.798. The summed E-state index contributed by atoms with van der Waals surface area (Å²) in [6, 6.07) is 0. The van der Waals surface area contributed by atoms with E-state index in [0.717, 1.165) is 0 Å². The third-order valence-corrected chi connectivity index (χ3v) is 1.85. The van der Waals surface area contributed by atoms with Crippen molar-refractivity contribution >= 4 is 18.0 Å². The number of hydrogen-bond acceptors (Lipinski definition) is 2. The largest absolute Gasteiger partial charge is 0.788 e. The average Bonchev–Trinajstić information content (AvgIpc) is 1.35. The fourth-order valence-corrected chi connectivity index (χ4v) is 0. The third kappa shape index (κ3) is 4.48. The van der Waals surface area contributed by atoms with Crippen LogP contribution < -0.4 is 4.89 Å². The molecule has 0 aromatic carbocycles. The molecule has 1 unspecified atom stereocenters. The second kappa shape index (κ2) is 1.97. The van der Waals surface area contributed by atoms with E-state index in [1.807, 2.05) is 0 Å². The van der Waals surface area contributed by atoms with E-state index < -0.39 is 6.72 Å². The molecule has 0 aliphatic heterocycles. The van der Waals surface area contributed by atoms with Crippen LogP contribution in [-0.2, 0) is 4.57 Å². The van der Waals surface area contributed by atoms with Gasteiger partial charge in [-0.2, -0.15) is 0 Å². The Hall–Kier alpha value is 0.480. The second-order valence-electron chi connectivity index (χ2n) is 0.906. The zero-order chi connectivity index (χ0) is 5.21. The normalized spacial score (nSPS) is 19.8. The summed E-state index contributed by atoms with van der Waals surface area (Å²) in [5.41, 5.74) is 0. The zero-order valence-electron chi connectivity index (χ0n) is 3.35. The SMILES string of the molecule is CCP(=O)([O-])Cl. The van der Waals surface area contributed by atoms with Crippen molar-refractivity contribution in [3.8, 4) is 0 Å². The summed E-state index contributed by atoms with van der Waals surface area (Å²) in [7, 11) is 0. The van der Waals surface area contributed by atoms with Crippen molar-refractivity contribution in [2.24, 2.45) is 0 Å². The van der Waals surface area contributed by atoms with Crippen molar-refractivity contribution in [3.63, 3.8) is 0 Å². The molecule has 0 radical (unpaired) electrons. The van der Waals surface area contributed by atoms with Crippen molar-refractivity contribution in [3.05, 3.63) is 0 Å². The van der Waals surface area contributed by atoms with E-state index in [9.17, 15) is 9.46 Å². The first kappa shape index (κ1) is 6.48. The first-order valence-electron chi connectivity index (χ1n) is 1.56. The number of rotatable bonds is 1. The molecule has 0 aliphatic carbocycles. The Bertz CT molecular complexity index is 75.6. The molecule has 0 aromatic rings. The van der Waals surface area contributed by atoms with Gasteiger partial charge in [0.15, 0.2) is 0 Å². The molecular weight excluding hydrogens is 122 g/mol. The topological polar surface area (TPSA) is 40.1 Å². The summed E-state index contributed by atoms with van der Waals surface area (Å²) in [5.74, 6) is 0. The molecule has 38 valence electrons. The van der Waals surface area contributed by atoms with Gasteiger partial charge in [0.2, 0.25) is 0 Å². The van der Waals surface area contributed by atoms with E-state index in [0.29, 0.717) is 0 Å². The lowest BCUT2D eigenvalue weighted by molar-refractivity contribution is -0.168. The molecule has 0 spiro atoms. The Labute approximate surface area is 41.4 Å². The van der Waals surface area contributed by atoms with Crippen LogP contribution in [0.4, 0.5) is 0 Å². The lowest BCUT2D eigenvalue weighted by Crippen LogP contribution is -1.93. The molecule has 1 atom stereocenters. The van der Waals surface area contributed by atoms with Crippen LogP contribution in [0, 0.1) is 0 Å². The van der Waals surface area contributed by atoms with Crippen LogP contribution in [0.2, 0.25) is 0 Å². The molecule has 2 nitrogen and oxygen atoms in total. The molecule has 0 rings (SSSR count). The van der Waals surface area contributed by atoms with E-state index in [-0.39, 0.29) is 6.16 Å². The van der Waals surface area contributed by atoms with Gasteiger partial charge in [0.25, 0.3) is 0 Å². The molecule has 0 fully saturated rings. The lowest BCUT2D eigenvalue weighted by atomic mass is 11.0. The summed E-state index contributed by atoms with van der Waals surface area (Å²) >= 11 is 4.72. The van der Waals surface area contributed by atoms with Crippen LogP contribution in [0.1, 0.15) is 6.92 Å². The monoisotopic (exact) mass is 127 g/mol. The van der Waals surface area contributed by atoms with Crippen LogP contribution in [-0.4, -0.2) is 6.16 Å². The Kier molecular flexibility index (Phi) is 2.12. The van der Waals surface area contributed by atoms with Gasteiger partial charge >= 0.3 is 0 Å². The van der Waals surface area contributed by atoms with Crippen LogP contribution in [0.5, 0.6) is 0 Å². The highest BCUT2D eigenvalue weighted by atomic mass is 35.7. The molecule has 0 saturated carbocycles. The van der Waals surface area contributed by atoms with Crippen LogP contribution in [0.3, 0.4) is 0 Å². The van der Waals surface area contributed by atoms with E-state index in [2.05, 4.69) is 0 Å². The Morgan fingerprint density at radius 1 is 2.00 bits per heavy atom. The Morgan fingerprint density at radius 3 is 2.17 bits per heavy atom. The maximum absolute atomic E-state index is 9.79. The van der Waals surface area contributed by atoms with Gasteiger partial charge in [0.1, 0.15) is 6.72 Å². The number of hydrogen-bond donors (Lipinski definition) is 0. The van der Waals surface area contributed by atoms with Crippen LogP contribution >= 0.6 is 18.0 Å². The third-order valence-electron chi connectivity index (χ3n) is 0.378. The first-order valence-corrected chi connectivity index (χ1v) is 4.27. The standard InChI is InChI=1S/C2H6ClO2P/c1-2-6(3,4)5/h2H2,1H3,(H,4,5)/p-1. The molecular formula is C2H5ClO2P-. The minimum absolute atomic E-state index is 0.0363. The van der Waals surface area contributed by atoms with Gasteiger partial charge in [-0.05, 0) is 6.16 Å². The fourth-order valence-electron chi connectivity index (χ4n) is 0. The molecule has 0 amide bonds. The van der Waals surface area contributed by atoms with Crippen molar-refractivity contribution in [2.75, 3.05) is 6.16 Å². The maximum atomic E-state index is 9.79. The molecule has 4 heteroatoms. The van der Waals surface area contributed by atoms with E-state index in [4.69, 9.17) is 11.2 Å². The highest BCUT2D eigenvalue weighted by molar-refractivity contribution is 7.83. The highest BCUT2D eigenvalue weighted by Gasteiger charge is 1.91. The van der Waals surface area contributed by atoms with Crippen molar-refractivity contribution in [1.29, 1.82) is 0 Å². The smallest absolute Gasteiger partial charge is 0.100 e. The average molecular weight is 127 g/mol. The van der Waals surface area contributed by atoms with Crippen molar-refractivity contribution in [1.82, 2.24) is 0 Å². The van der Waals surface area contributed by atoms with Gasteiger partial charge in [-0.1, -0.05) is 18.2 Å². The molecule has 0 heterocycles. The molecule has 0 bridgehead atoms. The fraction of sp³-hybridized carbons (Fsp3) is 1.00. The van der Waals surface area contributed by atoms with Gasteiger partial charge in [0.05, 0.1) is 0 Å². The number of halogens is 1. The molecule has 6 heavy (non-hydrogen) atoms. The minimum Gasteiger partial charge on any atom is -0.788 e. The Balaban J connectivity index is 3.48. The Morgan fingerprint density at radius 2 is 2.17 bits per heavy atom. The molecule has 0 N–H and O–H groups in total. The lowest BCUT2D eigenvalue weighted by Gasteiger charge is -2.08. The van der Waals surface area contributed by atoms with Gasteiger partial charge in [-0.25, -0.2) is 0 Å². The second-order valence-corrected chi connectivity index (χ2v) is 4.26. The van der Waals surface area contributed by atoms with E-state index in [1.54, 1.807) is 0 Å². The van der Waals surface area contributed by atoms with Crippen molar-refractivity contribution < 1.29 is 9.46 Å². The highest BCUT2D eigenvalue weighted by Crippen LogP contribution is 2.39. The molecule has 0 aromatic heterocycles. The summed E-state index contributed by atoms with van der Waals surface area (Å²) in [4.78, 5) is 9.79. The van der Waals surface area contributed by atoms with Crippen LogP contribution in [0.15, 0.2) is 0 Å². The minimum atomic E-state index is -3.42. The molecule has 0 aliphatic rings. The summed E-state index contributed by atoms with van der Waals surface area (Å²) in [6.07, 6.45) is 0.0363. The summed E-state index contributed by atoms with van der Waals surface area (Å²) < 4.78 is 9.79. The summed E-state index contributed by atoms with van der Waals surface area (Å²) in [5, 5.41) is 0. The van der Waals surface area contributed by atoms with Gasteiger partial charge in [-0.3, -0.25) is 0 Å². The van der Waals surface area contributed by atoms with E-state index >= 15 is 0 Å². The summed E-state index contributed by atoms with van der Waals surface area (Å²) in [6.45, 7) is -1.92. The van der Waals surface area contributed by atoms with Crippen molar-refractivity contribution in [2.45, 2.75) is 6.92 Å². The van der Waals surface area contributed by atoms with Gasteiger partial charge in [0, 0.05) is 0 Å².